The number of carbonyl (C=O) groups is 1. The van der Waals surface area contributed by atoms with Crippen molar-refractivity contribution in [3.05, 3.63) is 96.1 Å². The number of hydrogen-bond acceptors (Lipinski definition) is 1. The van der Waals surface area contributed by atoms with E-state index in [1.807, 2.05) is 54.6 Å². The maximum absolute atomic E-state index is 12.7. The molecule has 0 spiro atoms. The Balaban J connectivity index is 1.95. The fraction of sp³-hybridized carbons (Fsp3) is 0. The minimum atomic E-state index is -0.542. The molecule has 0 saturated carbocycles. The van der Waals surface area contributed by atoms with Gasteiger partial charge in [0, 0.05) is 0 Å². The Morgan fingerprint density at radius 3 is 1.95 bits per heavy atom. The summed E-state index contributed by atoms with van der Waals surface area (Å²) in [5, 5.41) is 0. The molecule has 0 aliphatic heterocycles. The molecule has 3 rings (SSSR count). The van der Waals surface area contributed by atoms with Crippen LogP contribution in [0.4, 0.5) is 0 Å². The van der Waals surface area contributed by atoms with Crippen LogP contribution in [0, 0.1) is 0 Å². The second-order valence-corrected chi connectivity index (χ2v) is 7.79. The van der Waals surface area contributed by atoms with Gasteiger partial charge in [-0.15, -0.1) is 0 Å². The van der Waals surface area contributed by atoms with Crippen molar-refractivity contribution in [2.45, 2.75) is 0 Å². The van der Waals surface area contributed by atoms with E-state index < -0.39 is 20.9 Å². The monoisotopic (exact) mass is 388 g/mol. The van der Waals surface area contributed by atoms with Crippen LogP contribution < -0.4 is 7.22 Å². The maximum atomic E-state index is 12.7. The zero-order chi connectivity index (χ0) is 14.5. The van der Waals surface area contributed by atoms with Crippen molar-refractivity contribution in [2.24, 2.45) is 0 Å². The third kappa shape index (κ3) is 3.42. The molecule has 0 atom stereocenters. The van der Waals surface area contributed by atoms with Crippen molar-refractivity contribution in [1.29, 1.82) is 0 Å². The molecule has 0 radical (unpaired) electrons. The van der Waals surface area contributed by atoms with Crippen molar-refractivity contribution in [1.82, 2.24) is 0 Å². The summed E-state index contributed by atoms with van der Waals surface area (Å²) in [4.78, 5) is 12.7. The molecule has 0 aliphatic rings. The molecule has 2 heteroatoms. The number of carbonyl (C=O) groups excluding carboxylic acids is 1. The van der Waals surface area contributed by atoms with E-state index in [4.69, 9.17) is 0 Å². The number of benzene rings is 3. The SMILES string of the molecule is O=C(c1ccccc1)c1ccccc1[Te]c1ccccc1. The topological polar surface area (TPSA) is 17.1 Å². The summed E-state index contributed by atoms with van der Waals surface area (Å²) in [5.41, 5.74) is 1.60. The van der Waals surface area contributed by atoms with Gasteiger partial charge in [-0.2, -0.15) is 0 Å². The summed E-state index contributed by atoms with van der Waals surface area (Å²) >= 11 is -0.542. The fourth-order valence-electron chi connectivity index (χ4n) is 2.10. The zero-order valence-electron chi connectivity index (χ0n) is 11.4. The first kappa shape index (κ1) is 14.1. The molecular weight excluding hydrogens is 372 g/mol. The van der Waals surface area contributed by atoms with E-state index in [1.165, 1.54) is 7.22 Å². The average Bonchev–Trinajstić information content (AvgIpc) is 2.56. The van der Waals surface area contributed by atoms with Crippen LogP contribution in [0.2, 0.25) is 0 Å². The second-order valence-electron chi connectivity index (χ2n) is 4.61. The molecule has 1 nitrogen and oxygen atoms in total. The van der Waals surface area contributed by atoms with E-state index in [0.717, 1.165) is 11.1 Å². The summed E-state index contributed by atoms with van der Waals surface area (Å²) in [5.74, 6) is 0.118. The first-order valence-electron chi connectivity index (χ1n) is 6.76. The summed E-state index contributed by atoms with van der Waals surface area (Å²) < 4.78 is 2.54. The Morgan fingerprint density at radius 2 is 1.24 bits per heavy atom. The van der Waals surface area contributed by atoms with Crippen molar-refractivity contribution < 1.29 is 4.79 Å². The van der Waals surface area contributed by atoms with Gasteiger partial charge in [-0.05, 0) is 0 Å². The van der Waals surface area contributed by atoms with E-state index in [1.54, 1.807) is 0 Å². The van der Waals surface area contributed by atoms with Crippen LogP contribution in [0.1, 0.15) is 15.9 Å². The molecular formula is C19H14OTe. The molecule has 3 aromatic carbocycles. The van der Waals surface area contributed by atoms with Crippen LogP contribution in [-0.2, 0) is 0 Å². The Kier molecular flexibility index (Phi) is 4.50. The van der Waals surface area contributed by atoms with Gasteiger partial charge in [0.1, 0.15) is 0 Å². The molecule has 0 heterocycles. The van der Waals surface area contributed by atoms with Gasteiger partial charge in [0.15, 0.2) is 0 Å². The van der Waals surface area contributed by atoms with Crippen molar-refractivity contribution in [3.63, 3.8) is 0 Å². The third-order valence-electron chi connectivity index (χ3n) is 3.14. The number of ketones is 1. The zero-order valence-corrected chi connectivity index (χ0v) is 13.7. The van der Waals surface area contributed by atoms with E-state index in [2.05, 4.69) is 30.3 Å². The van der Waals surface area contributed by atoms with Gasteiger partial charge in [-0.25, -0.2) is 0 Å². The standard InChI is InChI=1S/C19H14OTe/c20-19(15-9-3-1-4-10-15)17-13-7-8-14-18(17)21-16-11-5-2-6-12-16/h1-14H. The molecule has 0 N–H and O–H groups in total. The Hall–Kier alpha value is -1.88. The van der Waals surface area contributed by atoms with Crippen molar-refractivity contribution in [2.75, 3.05) is 0 Å². The van der Waals surface area contributed by atoms with Crippen LogP contribution in [0.5, 0.6) is 0 Å². The normalized spacial score (nSPS) is 10.3. The molecule has 0 fully saturated rings. The second kappa shape index (κ2) is 6.72. The number of rotatable bonds is 4. The van der Waals surface area contributed by atoms with E-state index in [9.17, 15) is 4.79 Å². The van der Waals surface area contributed by atoms with Crippen LogP contribution >= 0.6 is 0 Å². The summed E-state index contributed by atoms with van der Waals surface area (Å²) in [6.07, 6.45) is 0. The number of hydrogen-bond donors (Lipinski definition) is 0. The third-order valence-corrected chi connectivity index (χ3v) is 6.23. The predicted molar refractivity (Wildman–Crippen MR) is 87.8 cm³/mol. The predicted octanol–water partition coefficient (Wildman–Crippen LogP) is 2.57. The van der Waals surface area contributed by atoms with Gasteiger partial charge >= 0.3 is 135 Å². The molecule has 0 bridgehead atoms. The van der Waals surface area contributed by atoms with Crippen LogP contribution in [0.25, 0.3) is 0 Å². The summed E-state index contributed by atoms with van der Waals surface area (Å²) in [6, 6.07) is 27.9. The van der Waals surface area contributed by atoms with Gasteiger partial charge < -0.3 is 0 Å². The molecule has 0 aliphatic carbocycles. The molecule has 21 heavy (non-hydrogen) atoms. The minimum absolute atomic E-state index is 0.118. The van der Waals surface area contributed by atoms with Crippen molar-refractivity contribution >= 4 is 33.9 Å². The van der Waals surface area contributed by atoms with Gasteiger partial charge in [0.25, 0.3) is 0 Å². The van der Waals surface area contributed by atoms with Gasteiger partial charge in [0.2, 0.25) is 0 Å². The van der Waals surface area contributed by atoms with Gasteiger partial charge in [-0.3, -0.25) is 0 Å². The molecule has 102 valence electrons. The van der Waals surface area contributed by atoms with E-state index in [-0.39, 0.29) is 5.78 Å². The molecule has 0 unspecified atom stereocenters. The quantitative estimate of drug-likeness (QED) is 0.498. The average molecular weight is 386 g/mol. The van der Waals surface area contributed by atoms with Crippen LogP contribution in [0.15, 0.2) is 84.9 Å². The molecule has 0 saturated heterocycles. The first-order valence-corrected chi connectivity index (χ1v) is 9.09. The molecule has 0 aromatic heterocycles. The first-order chi connectivity index (χ1) is 10.3. The van der Waals surface area contributed by atoms with Crippen LogP contribution in [0.3, 0.4) is 0 Å². The van der Waals surface area contributed by atoms with Crippen molar-refractivity contribution in [3.8, 4) is 0 Å². The Bertz CT molecular complexity index is 736. The van der Waals surface area contributed by atoms with Gasteiger partial charge in [0.05, 0.1) is 0 Å². The molecule has 3 aromatic rings. The Labute approximate surface area is 134 Å². The van der Waals surface area contributed by atoms with Gasteiger partial charge in [-0.1, -0.05) is 0 Å². The van der Waals surface area contributed by atoms with E-state index >= 15 is 0 Å². The summed E-state index contributed by atoms with van der Waals surface area (Å²) in [7, 11) is 0. The molecule has 0 amide bonds. The van der Waals surface area contributed by atoms with Crippen LogP contribution in [-0.4, -0.2) is 26.7 Å². The Morgan fingerprint density at radius 1 is 0.667 bits per heavy atom. The fourth-order valence-corrected chi connectivity index (χ4v) is 4.86. The summed E-state index contributed by atoms with van der Waals surface area (Å²) in [6.45, 7) is 0. The van der Waals surface area contributed by atoms with E-state index in [0.29, 0.717) is 0 Å².